The molecule has 1 fully saturated rings. The van der Waals surface area contributed by atoms with Crippen molar-refractivity contribution in [3.05, 3.63) is 22.5 Å². The molecule has 0 amide bonds. The van der Waals surface area contributed by atoms with E-state index in [-0.39, 0.29) is 5.82 Å². The molecule has 8 heteroatoms. The maximum Gasteiger partial charge on any atom is 0.351 e. The minimum absolute atomic E-state index is 0.115. The lowest BCUT2D eigenvalue weighted by atomic mass is 10.1. The van der Waals surface area contributed by atoms with Crippen LogP contribution in [0.15, 0.2) is 11.0 Å². The molecule has 2 heterocycles. The third kappa shape index (κ3) is 3.88. The number of ether oxygens (including phenoxy) is 1. The van der Waals surface area contributed by atoms with E-state index in [4.69, 9.17) is 4.74 Å². The zero-order chi connectivity index (χ0) is 17.1. The number of aliphatic hydroxyl groups is 2. The second kappa shape index (κ2) is 7.37. The van der Waals surface area contributed by atoms with Gasteiger partial charge in [-0.2, -0.15) is 4.98 Å². The topological polar surface area (TPSA) is 96.6 Å². The Morgan fingerprint density at radius 1 is 1.48 bits per heavy atom. The van der Waals surface area contributed by atoms with Crippen LogP contribution < -0.4 is 11.0 Å². The lowest BCUT2D eigenvalue weighted by molar-refractivity contribution is -0.0355. The van der Waals surface area contributed by atoms with Crippen molar-refractivity contribution in [3.63, 3.8) is 0 Å². The monoisotopic (exact) mass is 329 g/mol. The van der Waals surface area contributed by atoms with Crippen LogP contribution in [0, 0.1) is 11.7 Å². The van der Waals surface area contributed by atoms with Gasteiger partial charge in [-0.3, -0.25) is 4.57 Å². The van der Waals surface area contributed by atoms with Crippen molar-refractivity contribution in [1.29, 1.82) is 0 Å². The van der Waals surface area contributed by atoms with Gasteiger partial charge >= 0.3 is 5.69 Å². The van der Waals surface area contributed by atoms with E-state index in [0.29, 0.717) is 12.5 Å². The molecule has 5 atom stereocenters. The van der Waals surface area contributed by atoms with Gasteiger partial charge in [0.15, 0.2) is 17.9 Å². The summed E-state index contributed by atoms with van der Waals surface area (Å²) < 4.78 is 20.3. The third-order valence-electron chi connectivity index (χ3n) is 4.28. The summed E-state index contributed by atoms with van der Waals surface area (Å²) in [6.07, 6.45) is -1.44. The Bertz CT molecular complexity index is 595. The van der Waals surface area contributed by atoms with E-state index in [1.807, 2.05) is 0 Å². The molecule has 7 nitrogen and oxygen atoms in total. The Hall–Kier alpha value is -1.51. The molecule has 0 bridgehead atoms. The van der Waals surface area contributed by atoms with Gasteiger partial charge in [0.1, 0.15) is 12.2 Å². The fourth-order valence-corrected chi connectivity index (χ4v) is 2.45. The molecule has 0 aliphatic carbocycles. The fraction of sp³-hybridized carbons (Fsp3) is 0.733. The number of anilines is 1. The first-order chi connectivity index (χ1) is 10.8. The Morgan fingerprint density at radius 3 is 2.74 bits per heavy atom. The van der Waals surface area contributed by atoms with E-state index >= 15 is 0 Å². The van der Waals surface area contributed by atoms with Gasteiger partial charge in [-0.1, -0.05) is 20.3 Å². The minimum Gasteiger partial charge on any atom is -0.388 e. The molecule has 1 saturated heterocycles. The second-order valence-corrected chi connectivity index (χ2v) is 6.07. The van der Waals surface area contributed by atoms with Crippen LogP contribution in [0.3, 0.4) is 0 Å². The summed E-state index contributed by atoms with van der Waals surface area (Å²) in [6.45, 7) is 6.25. The van der Waals surface area contributed by atoms with Crippen LogP contribution in [0.4, 0.5) is 10.2 Å². The minimum atomic E-state index is -1.31. The van der Waals surface area contributed by atoms with Gasteiger partial charge in [0.25, 0.3) is 0 Å². The number of aromatic nitrogens is 2. The van der Waals surface area contributed by atoms with Crippen LogP contribution >= 0.6 is 0 Å². The van der Waals surface area contributed by atoms with E-state index < -0.39 is 36.0 Å². The summed E-state index contributed by atoms with van der Waals surface area (Å²) in [5.74, 6) is -0.329. The van der Waals surface area contributed by atoms with Crippen molar-refractivity contribution in [2.24, 2.45) is 5.92 Å². The average Bonchev–Trinajstić information content (AvgIpc) is 2.77. The maximum atomic E-state index is 14.1. The summed E-state index contributed by atoms with van der Waals surface area (Å²) in [7, 11) is 0. The molecular weight excluding hydrogens is 305 g/mol. The number of rotatable bonds is 6. The van der Waals surface area contributed by atoms with Gasteiger partial charge in [0, 0.05) is 6.54 Å². The highest BCUT2D eigenvalue weighted by Gasteiger charge is 2.42. The smallest absolute Gasteiger partial charge is 0.351 e. The van der Waals surface area contributed by atoms with Gasteiger partial charge in [-0.25, -0.2) is 9.18 Å². The molecular formula is C15H24FN3O4. The van der Waals surface area contributed by atoms with Gasteiger partial charge in [-0.05, 0) is 19.3 Å². The summed E-state index contributed by atoms with van der Waals surface area (Å²) in [4.78, 5) is 15.7. The molecule has 1 aliphatic rings. The van der Waals surface area contributed by atoms with Gasteiger partial charge < -0.3 is 20.3 Å². The molecule has 0 spiro atoms. The van der Waals surface area contributed by atoms with Crippen LogP contribution in [0.1, 0.15) is 39.8 Å². The number of nitrogens with zero attached hydrogens (tertiary/aromatic N) is 2. The number of aliphatic hydroxyl groups excluding tert-OH is 2. The molecule has 0 aromatic carbocycles. The highest BCUT2D eigenvalue weighted by Crippen LogP contribution is 2.28. The first-order valence-corrected chi connectivity index (χ1v) is 7.89. The van der Waals surface area contributed by atoms with Crippen molar-refractivity contribution in [1.82, 2.24) is 9.55 Å². The van der Waals surface area contributed by atoms with Crippen LogP contribution in [-0.2, 0) is 4.74 Å². The summed E-state index contributed by atoms with van der Waals surface area (Å²) in [6, 6.07) is 0. The zero-order valence-electron chi connectivity index (χ0n) is 13.6. The molecule has 1 aromatic rings. The largest absolute Gasteiger partial charge is 0.388 e. The molecule has 1 aliphatic heterocycles. The van der Waals surface area contributed by atoms with Crippen LogP contribution in [-0.4, -0.2) is 44.6 Å². The SMILES string of the molecule is CCC(C)CCNc1nc(=O)n([C@@H]2O[C@H](C)C(O)C2O)cc1F. The van der Waals surface area contributed by atoms with E-state index in [9.17, 15) is 19.4 Å². The highest BCUT2D eigenvalue weighted by atomic mass is 19.1. The zero-order valence-corrected chi connectivity index (χ0v) is 13.6. The van der Waals surface area contributed by atoms with Gasteiger partial charge in [0.2, 0.25) is 0 Å². The molecule has 3 N–H and O–H groups in total. The third-order valence-corrected chi connectivity index (χ3v) is 4.28. The predicted molar refractivity (Wildman–Crippen MR) is 82.6 cm³/mol. The van der Waals surface area contributed by atoms with E-state index in [1.54, 1.807) is 6.92 Å². The van der Waals surface area contributed by atoms with E-state index in [0.717, 1.165) is 23.6 Å². The summed E-state index contributed by atoms with van der Waals surface area (Å²) in [5, 5.41) is 22.4. The Morgan fingerprint density at radius 2 is 2.17 bits per heavy atom. The first kappa shape index (κ1) is 17.8. The number of hydrogen-bond acceptors (Lipinski definition) is 6. The lowest BCUT2D eigenvalue weighted by Gasteiger charge is -2.18. The van der Waals surface area contributed by atoms with Crippen LogP contribution in [0.2, 0.25) is 0 Å². The van der Waals surface area contributed by atoms with Crippen molar-refractivity contribution < 1.29 is 19.3 Å². The number of halogens is 1. The quantitative estimate of drug-likeness (QED) is 0.717. The molecule has 0 radical (unpaired) electrons. The number of hydrogen-bond donors (Lipinski definition) is 3. The summed E-state index contributed by atoms with van der Waals surface area (Å²) >= 11 is 0. The lowest BCUT2D eigenvalue weighted by Crippen LogP contribution is -2.36. The Labute approximate surface area is 134 Å². The Balaban J connectivity index is 2.13. The fourth-order valence-electron chi connectivity index (χ4n) is 2.45. The maximum absolute atomic E-state index is 14.1. The van der Waals surface area contributed by atoms with Gasteiger partial charge in [-0.15, -0.1) is 0 Å². The van der Waals surface area contributed by atoms with Crippen molar-refractivity contribution >= 4 is 5.82 Å². The molecule has 3 unspecified atom stereocenters. The molecule has 0 saturated carbocycles. The van der Waals surface area contributed by atoms with Crippen LogP contribution in [0.25, 0.3) is 0 Å². The summed E-state index contributed by atoms with van der Waals surface area (Å²) in [5.41, 5.74) is -0.747. The first-order valence-electron chi connectivity index (χ1n) is 7.89. The molecule has 2 rings (SSSR count). The van der Waals surface area contributed by atoms with Crippen LogP contribution in [0.5, 0.6) is 0 Å². The van der Waals surface area contributed by atoms with Crippen molar-refractivity contribution in [2.75, 3.05) is 11.9 Å². The van der Waals surface area contributed by atoms with Crippen molar-refractivity contribution in [2.45, 2.75) is 58.2 Å². The average molecular weight is 329 g/mol. The van der Waals surface area contributed by atoms with Crippen molar-refractivity contribution in [3.8, 4) is 0 Å². The normalized spacial score (nSPS) is 28.8. The van der Waals surface area contributed by atoms with E-state index in [2.05, 4.69) is 24.1 Å². The predicted octanol–water partition coefficient (Wildman–Crippen LogP) is 0.870. The van der Waals surface area contributed by atoms with E-state index in [1.165, 1.54) is 0 Å². The molecule has 1 aromatic heterocycles. The molecule has 130 valence electrons. The standard InChI is InChI=1S/C15H24FN3O4/c1-4-8(2)5-6-17-13-10(16)7-19(15(22)18-13)14-12(21)11(20)9(3)23-14/h7-9,11-12,14,20-21H,4-6H2,1-3H3,(H,17,18,22)/t8?,9-,11?,12?,14-/m1/s1. The Kier molecular flexibility index (Phi) is 5.72. The number of nitrogens with one attached hydrogen (secondary N) is 1. The van der Waals surface area contributed by atoms with Gasteiger partial charge in [0.05, 0.1) is 12.3 Å². The highest BCUT2D eigenvalue weighted by molar-refractivity contribution is 5.34. The second-order valence-electron chi connectivity index (χ2n) is 6.07. The molecule has 23 heavy (non-hydrogen) atoms.